The van der Waals surface area contributed by atoms with Crippen LogP contribution in [0.1, 0.15) is 0 Å². The van der Waals surface area contributed by atoms with Crippen molar-refractivity contribution in [3.8, 4) is 67.8 Å². The van der Waals surface area contributed by atoms with Crippen LogP contribution >= 0.6 is 0 Å². The van der Waals surface area contributed by atoms with Gasteiger partial charge in [0.05, 0.1) is 11.4 Å². The molecule has 5 heteroatoms. The minimum atomic E-state index is 0.644. The lowest BCUT2D eigenvalue weighted by atomic mass is 9.99. The summed E-state index contributed by atoms with van der Waals surface area (Å²) in [5.41, 5.74) is 10.3. The molecule has 0 radical (unpaired) electrons. The van der Waals surface area contributed by atoms with Gasteiger partial charge in [0.1, 0.15) is 5.65 Å². The summed E-state index contributed by atoms with van der Waals surface area (Å²) in [5.74, 6) is 1.95. The number of hydrogen-bond donors (Lipinski definition) is 0. The summed E-state index contributed by atoms with van der Waals surface area (Å²) in [6.07, 6.45) is 2.07. The number of hydrogen-bond acceptors (Lipinski definition) is 4. The van der Waals surface area contributed by atoms with Crippen LogP contribution in [0.5, 0.6) is 0 Å². The molecule has 45 heavy (non-hydrogen) atoms. The Morgan fingerprint density at radius 1 is 0.311 bits per heavy atom. The molecule has 0 amide bonds. The molecule has 0 fully saturated rings. The maximum Gasteiger partial charge on any atom is 0.164 e. The Bertz CT molecular complexity index is 2170. The zero-order valence-corrected chi connectivity index (χ0v) is 24.3. The average molecular weight is 578 g/mol. The van der Waals surface area contributed by atoms with E-state index in [1.807, 2.05) is 84.9 Å². The van der Waals surface area contributed by atoms with Crippen LogP contribution in [0.3, 0.4) is 0 Å². The van der Waals surface area contributed by atoms with Crippen molar-refractivity contribution >= 4 is 5.65 Å². The minimum Gasteiger partial charge on any atom is -0.299 e. The second-order valence-corrected chi connectivity index (χ2v) is 10.8. The first-order valence-electron chi connectivity index (χ1n) is 14.9. The highest BCUT2D eigenvalue weighted by molar-refractivity contribution is 5.83. The summed E-state index contributed by atoms with van der Waals surface area (Å²) in [4.78, 5) is 19.5. The van der Waals surface area contributed by atoms with Gasteiger partial charge < -0.3 is 0 Å². The molecule has 8 rings (SSSR count). The predicted molar refractivity (Wildman–Crippen MR) is 181 cm³/mol. The zero-order valence-electron chi connectivity index (χ0n) is 24.3. The molecule has 0 aliphatic heterocycles. The molecule has 0 atom stereocenters. The monoisotopic (exact) mass is 577 g/mol. The molecular weight excluding hydrogens is 550 g/mol. The standard InChI is InChI=1S/C40H27N5/c1-4-12-30(13-5-1)36-37(45-27-11-10-18-35(45)41-36)31-23-19-28(20-24-31)29-21-25-34(26-22-29)40-43-38(32-14-6-2-7-15-32)42-39(44-40)33-16-8-3-9-17-33/h1-27H. The van der Waals surface area contributed by atoms with Gasteiger partial charge in [-0.15, -0.1) is 0 Å². The van der Waals surface area contributed by atoms with Gasteiger partial charge >= 0.3 is 0 Å². The summed E-state index contributed by atoms with van der Waals surface area (Å²) in [7, 11) is 0. The fourth-order valence-electron chi connectivity index (χ4n) is 5.64. The van der Waals surface area contributed by atoms with Crippen molar-refractivity contribution < 1.29 is 0 Å². The summed E-state index contributed by atoms with van der Waals surface area (Å²) in [6, 6.07) is 53.7. The van der Waals surface area contributed by atoms with E-state index < -0.39 is 0 Å². The molecule has 0 aliphatic carbocycles. The molecular formula is C40H27N5. The van der Waals surface area contributed by atoms with Gasteiger partial charge in [-0.3, -0.25) is 4.40 Å². The van der Waals surface area contributed by atoms with Gasteiger partial charge in [-0.25, -0.2) is 19.9 Å². The van der Waals surface area contributed by atoms with Crippen LogP contribution in [-0.4, -0.2) is 24.3 Å². The number of fused-ring (bicyclic) bond motifs is 1. The molecule has 0 spiro atoms. The van der Waals surface area contributed by atoms with E-state index in [2.05, 4.69) is 83.4 Å². The van der Waals surface area contributed by atoms with Crippen LogP contribution in [0, 0.1) is 0 Å². The summed E-state index contributed by atoms with van der Waals surface area (Å²) in [6.45, 7) is 0. The van der Waals surface area contributed by atoms with E-state index in [1.54, 1.807) is 0 Å². The number of rotatable bonds is 6. The minimum absolute atomic E-state index is 0.644. The summed E-state index contributed by atoms with van der Waals surface area (Å²) < 4.78 is 2.16. The normalized spacial score (nSPS) is 11.1. The van der Waals surface area contributed by atoms with Crippen molar-refractivity contribution in [1.82, 2.24) is 24.3 Å². The lowest BCUT2D eigenvalue weighted by Crippen LogP contribution is -2.00. The Morgan fingerprint density at radius 2 is 0.711 bits per heavy atom. The Kier molecular flexibility index (Phi) is 6.74. The van der Waals surface area contributed by atoms with Crippen molar-refractivity contribution in [3.05, 3.63) is 164 Å². The molecule has 0 saturated heterocycles. The number of aromatic nitrogens is 5. The SMILES string of the molecule is c1ccc(-c2nc(-c3ccccc3)nc(-c3ccc(-c4ccc(-c5c(-c6ccccc6)nc6ccccn56)cc4)cc3)n2)cc1. The second-order valence-electron chi connectivity index (χ2n) is 10.8. The van der Waals surface area contributed by atoms with E-state index in [-0.39, 0.29) is 0 Å². The molecule has 3 aromatic heterocycles. The first-order chi connectivity index (χ1) is 22.3. The Hall–Kier alpha value is -6.20. The van der Waals surface area contributed by atoms with E-state index in [0.717, 1.165) is 56.0 Å². The van der Waals surface area contributed by atoms with Crippen molar-refractivity contribution in [2.24, 2.45) is 0 Å². The average Bonchev–Trinajstić information content (AvgIpc) is 3.52. The third-order valence-electron chi connectivity index (χ3n) is 7.91. The van der Waals surface area contributed by atoms with Gasteiger partial charge in [-0.1, -0.05) is 146 Å². The van der Waals surface area contributed by atoms with Crippen LogP contribution in [0.15, 0.2) is 164 Å². The third kappa shape index (κ3) is 5.17. The molecule has 0 bridgehead atoms. The predicted octanol–water partition coefficient (Wildman–Crippen LogP) is 9.52. The highest BCUT2D eigenvalue weighted by Gasteiger charge is 2.16. The van der Waals surface area contributed by atoms with Crippen LogP contribution < -0.4 is 0 Å². The van der Waals surface area contributed by atoms with Gasteiger partial charge in [-0.2, -0.15) is 0 Å². The third-order valence-corrected chi connectivity index (χ3v) is 7.91. The number of nitrogens with zero attached hydrogens (tertiary/aromatic N) is 5. The molecule has 5 aromatic carbocycles. The topological polar surface area (TPSA) is 56.0 Å². The van der Waals surface area contributed by atoms with Gasteiger partial charge in [0, 0.05) is 34.0 Å². The molecule has 0 saturated carbocycles. The van der Waals surface area contributed by atoms with Crippen LogP contribution in [0.4, 0.5) is 0 Å². The molecule has 5 nitrogen and oxygen atoms in total. The van der Waals surface area contributed by atoms with Gasteiger partial charge in [-0.05, 0) is 23.3 Å². The van der Waals surface area contributed by atoms with Crippen molar-refractivity contribution in [1.29, 1.82) is 0 Å². The van der Waals surface area contributed by atoms with Gasteiger partial charge in [0.2, 0.25) is 0 Å². The smallest absolute Gasteiger partial charge is 0.164 e. The lowest BCUT2D eigenvalue weighted by molar-refractivity contribution is 1.07. The number of benzene rings is 5. The number of imidazole rings is 1. The maximum absolute atomic E-state index is 4.98. The Labute approximate surface area is 261 Å². The molecule has 8 aromatic rings. The van der Waals surface area contributed by atoms with E-state index in [1.165, 1.54) is 0 Å². The van der Waals surface area contributed by atoms with Gasteiger partial charge in [0.15, 0.2) is 17.5 Å². The molecule has 0 unspecified atom stereocenters. The first kappa shape index (κ1) is 26.4. The number of pyridine rings is 1. The molecule has 212 valence electrons. The highest BCUT2D eigenvalue weighted by atomic mass is 15.0. The zero-order chi connectivity index (χ0) is 30.0. The van der Waals surface area contributed by atoms with E-state index in [9.17, 15) is 0 Å². The van der Waals surface area contributed by atoms with E-state index in [0.29, 0.717) is 17.5 Å². The lowest BCUT2D eigenvalue weighted by Gasteiger charge is -2.10. The molecule has 0 N–H and O–H groups in total. The van der Waals surface area contributed by atoms with Crippen LogP contribution in [0.2, 0.25) is 0 Å². The van der Waals surface area contributed by atoms with Crippen molar-refractivity contribution in [3.63, 3.8) is 0 Å². The molecule has 0 aliphatic rings. The Balaban J connectivity index is 1.14. The van der Waals surface area contributed by atoms with Crippen LogP contribution in [-0.2, 0) is 0 Å². The maximum atomic E-state index is 4.98. The fourth-order valence-corrected chi connectivity index (χ4v) is 5.64. The summed E-state index contributed by atoms with van der Waals surface area (Å²) >= 11 is 0. The second kappa shape index (κ2) is 11.5. The van der Waals surface area contributed by atoms with E-state index in [4.69, 9.17) is 19.9 Å². The van der Waals surface area contributed by atoms with Gasteiger partial charge in [0.25, 0.3) is 0 Å². The quantitative estimate of drug-likeness (QED) is 0.197. The largest absolute Gasteiger partial charge is 0.299 e. The molecule has 3 heterocycles. The highest BCUT2D eigenvalue weighted by Crippen LogP contribution is 2.34. The fraction of sp³-hybridized carbons (Fsp3) is 0. The van der Waals surface area contributed by atoms with Crippen LogP contribution in [0.25, 0.3) is 73.5 Å². The Morgan fingerprint density at radius 3 is 1.22 bits per heavy atom. The summed E-state index contributed by atoms with van der Waals surface area (Å²) in [5, 5.41) is 0. The van der Waals surface area contributed by atoms with Crippen molar-refractivity contribution in [2.45, 2.75) is 0 Å². The first-order valence-corrected chi connectivity index (χ1v) is 14.9. The van der Waals surface area contributed by atoms with E-state index >= 15 is 0 Å². The van der Waals surface area contributed by atoms with Crippen molar-refractivity contribution in [2.75, 3.05) is 0 Å².